The Balaban J connectivity index is 1.78. The lowest BCUT2D eigenvalue weighted by Gasteiger charge is -2.17. The first-order chi connectivity index (χ1) is 10.2. The summed E-state index contributed by atoms with van der Waals surface area (Å²) in [6.07, 6.45) is 1.96. The zero-order valence-electron chi connectivity index (χ0n) is 11.8. The van der Waals surface area contributed by atoms with Crippen LogP contribution in [0.1, 0.15) is 18.1 Å². The molecule has 2 aromatic rings. The van der Waals surface area contributed by atoms with E-state index >= 15 is 0 Å². The number of ether oxygens (including phenoxy) is 1. The highest BCUT2D eigenvalue weighted by atomic mass is 35.5. The number of hydrogen-bond donors (Lipinski definition) is 1. The zero-order valence-corrected chi connectivity index (χ0v) is 13.3. The topological polar surface area (TPSA) is 21.3 Å². The summed E-state index contributed by atoms with van der Waals surface area (Å²) in [7, 11) is 0. The molecule has 0 saturated carbocycles. The average Bonchev–Trinajstić information content (AvgIpc) is 2.83. The second-order valence-electron chi connectivity index (χ2n) is 5.24. The van der Waals surface area contributed by atoms with E-state index in [2.05, 4.69) is 17.4 Å². The highest BCUT2D eigenvalue weighted by Gasteiger charge is 2.22. The largest absolute Gasteiger partial charge is 0.492 e. The quantitative estimate of drug-likeness (QED) is 0.858. The van der Waals surface area contributed by atoms with Crippen LogP contribution in [0.2, 0.25) is 10.0 Å². The highest BCUT2D eigenvalue weighted by molar-refractivity contribution is 6.31. The van der Waals surface area contributed by atoms with Gasteiger partial charge in [0.15, 0.2) is 0 Å². The van der Waals surface area contributed by atoms with Gasteiger partial charge >= 0.3 is 0 Å². The van der Waals surface area contributed by atoms with Gasteiger partial charge < -0.3 is 10.1 Å². The van der Waals surface area contributed by atoms with Crippen LogP contribution >= 0.6 is 23.2 Å². The number of benzene rings is 2. The zero-order chi connectivity index (χ0) is 14.8. The van der Waals surface area contributed by atoms with Crippen molar-refractivity contribution in [3.05, 3.63) is 57.6 Å². The molecular weight excluding hydrogens is 305 g/mol. The Bertz CT molecular complexity index is 657. The van der Waals surface area contributed by atoms with E-state index < -0.39 is 0 Å². The van der Waals surface area contributed by atoms with E-state index in [0.717, 1.165) is 29.3 Å². The van der Waals surface area contributed by atoms with Crippen molar-refractivity contribution in [3.8, 4) is 5.75 Å². The Morgan fingerprint density at radius 2 is 1.76 bits per heavy atom. The van der Waals surface area contributed by atoms with Gasteiger partial charge in [-0.25, -0.2) is 0 Å². The minimum absolute atomic E-state index is 0.344. The van der Waals surface area contributed by atoms with E-state index in [1.165, 1.54) is 11.1 Å². The predicted molar refractivity (Wildman–Crippen MR) is 88.9 cm³/mol. The fraction of sp³-hybridized carbons (Fsp3) is 0.294. The van der Waals surface area contributed by atoms with Crippen LogP contribution in [0, 0.1) is 0 Å². The van der Waals surface area contributed by atoms with Crippen molar-refractivity contribution in [1.29, 1.82) is 0 Å². The summed E-state index contributed by atoms with van der Waals surface area (Å²) in [5.74, 6) is 0.843. The fourth-order valence-corrected chi connectivity index (χ4v) is 3.17. The first kappa shape index (κ1) is 14.6. The molecule has 1 N–H and O–H groups in total. The van der Waals surface area contributed by atoms with Crippen molar-refractivity contribution >= 4 is 28.9 Å². The first-order valence-corrected chi connectivity index (χ1v) is 7.87. The summed E-state index contributed by atoms with van der Waals surface area (Å²) >= 11 is 12.2. The Hall–Kier alpha value is -1.38. The Morgan fingerprint density at radius 1 is 1.05 bits per heavy atom. The van der Waals surface area contributed by atoms with Crippen molar-refractivity contribution in [2.24, 2.45) is 0 Å². The number of rotatable bonds is 4. The summed E-state index contributed by atoms with van der Waals surface area (Å²) in [5, 5.41) is 5.06. The van der Waals surface area contributed by atoms with Crippen molar-refractivity contribution in [1.82, 2.24) is 0 Å². The molecule has 0 aromatic heterocycles. The molecule has 21 heavy (non-hydrogen) atoms. The minimum atomic E-state index is 0.344. The summed E-state index contributed by atoms with van der Waals surface area (Å²) in [4.78, 5) is 0. The SMILES string of the molecule is CCOc1ccc(Cl)cc1NC1Cc2ccc(Cl)cc2C1. The molecule has 2 aromatic carbocycles. The molecule has 1 aliphatic carbocycles. The van der Waals surface area contributed by atoms with E-state index in [0.29, 0.717) is 17.7 Å². The van der Waals surface area contributed by atoms with Crippen LogP contribution < -0.4 is 10.1 Å². The predicted octanol–water partition coefficient (Wildman–Crippen LogP) is 4.97. The molecule has 0 heterocycles. The molecule has 0 amide bonds. The number of nitrogens with one attached hydrogen (secondary N) is 1. The molecule has 4 heteroatoms. The summed E-state index contributed by atoms with van der Waals surface area (Å²) in [6, 6.07) is 12.1. The Kier molecular flexibility index (Phi) is 4.27. The highest BCUT2D eigenvalue weighted by Crippen LogP contribution is 2.32. The Labute approximate surface area is 135 Å². The van der Waals surface area contributed by atoms with Crippen LogP contribution in [0.15, 0.2) is 36.4 Å². The van der Waals surface area contributed by atoms with Crippen molar-refractivity contribution < 1.29 is 4.74 Å². The molecule has 110 valence electrons. The molecule has 0 fully saturated rings. The monoisotopic (exact) mass is 321 g/mol. The maximum Gasteiger partial charge on any atom is 0.142 e. The first-order valence-electron chi connectivity index (χ1n) is 7.12. The normalized spacial score (nSPS) is 16.6. The Morgan fingerprint density at radius 3 is 2.57 bits per heavy atom. The molecule has 0 radical (unpaired) electrons. The van der Waals surface area contributed by atoms with Gasteiger partial charge in [-0.3, -0.25) is 0 Å². The number of halogens is 2. The van der Waals surface area contributed by atoms with Gasteiger partial charge in [-0.05, 0) is 61.2 Å². The average molecular weight is 322 g/mol. The van der Waals surface area contributed by atoms with E-state index in [9.17, 15) is 0 Å². The van der Waals surface area contributed by atoms with E-state index in [1.807, 2.05) is 31.2 Å². The van der Waals surface area contributed by atoms with Gasteiger partial charge in [-0.15, -0.1) is 0 Å². The van der Waals surface area contributed by atoms with Gasteiger partial charge in [0.05, 0.1) is 12.3 Å². The van der Waals surface area contributed by atoms with Gasteiger partial charge in [0.2, 0.25) is 0 Å². The third kappa shape index (κ3) is 3.28. The minimum Gasteiger partial charge on any atom is -0.492 e. The van der Waals surface area contributed by atoms with Crippen LogP contribution in [0.5, 0.6) is 5.75 Å². The van der Waals surface area contributed by atoms with Gasteiger partial charge in [-0.1, -0.05) is 29.3 Å². The molecule has 2 nitrogen and oxygen atoms in total. The van der Waals surface area contributed by atoms with Gasteiger partial charge in [0.25, 0.3) is 0 Å². The summed E-state index contributed by atoms with van der Waals surface area (Å²) < 4.78 is 5.66. The standard InChI is InChI=1S/C17H17Cl2NO/c1-2-21-17-6-5-14(19)10-16(17)20-15-8-11-3-4-13(18)7-12(11)9-15/h3-7,10,15,20H,2,8-9H2,1H3. The number of fused-ring (bicyclic) bond motifs is 1. The lowest BCUT2D eigenvalue weighted by Crippen LogP contribution is -2.20. The molecule has 0 bridgehead atoms. The van der Waals surface area contributed by atoms with Crippen LogP contribution in [0.3, 0.4) is 0 Å². The van der Waals surface area contributed by atoms with Crippen LogP contribution in [-0.2, 0) is 12.8 Å². The van der Waals surface area contributed by atoms with E-state index in [-0.39, 0.29) is 0 Å². The maximum atomic E-state index is 6.10. The third-order valence-corrected chi connectivity index (χ3v) is 4.17. The van der Waals surface area contributed by atoms with Gasteiger partial charge in [0.1, 0.15) is 5.75 Å². The smallest absolute Gasteiger partial charge is 0.142 e. The second-order valence-corrected chi connectivity index (χ2v) is 6.11. The lowest BCUT2D eigenvalue weighted by molar-refractivity contribution is 0.341. The molecular formula is C17H17Cl2NO. The van der Waals surface area contributed by atoms with Crippen molar-refractivity contribution in [2.45, 2.75) is 25.8 Å². The van der Waals surface area contributed by atoms with Crippen LogP contribution in [0.4, 0.5) is 5.69 Å². The second kappa shape index (κ2) is 6.17. The molecule has 0 aliphatic heterocycles. The van der Waals surface area contributed by atoms with E-state index in [1.54, 1.807) is 0 Å². The summed E-state index contributed by atoms with van der Waals surface area (Å²) in [5.41, 5.74) is 3.63. The maximum absolute atomic E-state index is 6.10. The van der Waals surface area contributed by atoms with Crippen molar-refractivity contribution in [3.63, 3.8) is 0 Å². The van der Waals surface area contributed by atoms with E-state index in [4.69, 9.17) is 27.9 Å². The molecule has 3 rings (SSSR count). The fourth-order valence-electron chi connectivity index (χ4n) is 2.81. The third-order valence-electron chi connectivity index (χ3n) is 3.70. The molecule has 1 atom stereocenters. The number of anilines is 1. The van der Waals surface area contributed by atoms with Crippen LogP contribution in [-0.4, -0.2) is 12.6 Å². The number of hydrogen-bond acceptors (Lipinski definition) is 2. The van der Waals surface area contributed by atoms with Gasteiger partial charge in [0, 0.05) is 16.1 Å². The lowest BCUT2D eigenvalue weighted by atomic mass is 10.1. The van der Waals surface area contributed by atoms with Crippen molar-refractivity contribution in [2.75, 3.05) is 11.9 Å². The van der Waals surface area contributed by atoms with Crippen LogP contribution in [0.25, 0.3) is 0 Å². The molecule has 1 unspecified atom stereocenters. The molecule has 0 saturated heterocycles. The molecule has 1 aliphatic rings. The van der Waals surface area contributed by atoms with Gasteiger partial charge in [-0.2, -0.15) is 0 Å². The summed E-state index contributed by atoms with van der Waals surface area (Å²) in [6.45, 7) is 2.61. The molecule has 0 spiro atoms.